The summed E-state index contributed by atoms with van der Waals surface area (Å²) in [6, 6.07) is 7.61. The molecule has 2 fully saturated rings. The quantitative estimate of drug-likeness (QED) is 0.578. The molecule has 2 amide bonds. The van der Waals surface area contributed by atoms with E-state index in [1.807, 2.05) is 29.3 Å². The van der Waals surface area contributed by atoms with E-state index in [-0.39, 0.29) is 17.7 Å². The summed E-state index contributed by atoms with van der Waals surface area (Å²) in [5.41, 5.74) is 1.07. The monoisotopic (exact) mass is 442 g/mol. The van der Waals surface area contributed by atoms with Gasteiger partial charge in [-0.05, 0) is 43.5 Å². The highest BCUT2D eigenvalue weighted by molar-refractivity contribution is 5.91. The minimum Gasteiger partial charge on any atom is -0.454 e. The van der Waals surface area contributed by atoms with Crippen molar-refractivity contribution in [3.05, 3.63) is 47.7 Å². The lowest BCUT2D eigenvalue weighted by atomic mass is 10.3. The Bertz CT molecular complexity index is 895. The highest BCUT2D eigenvalue weighted by Crippen LogP contribution is 2.31. The SMILES string of the molecule is CCCN(Cc1cccn1Cc1ccc(C(=O)NCCN2CCOCC2)o1)C(=O)C1CC1. The van der Waals surface area contributed by atoms with Crippen molar-refractivity contribution in [3.8, 4) is 0 Å². The summed E-state index contributed by atoms with van der Waals surface area (Å²) in [4.78, 5) is 29.3. The van der Waals surface area contributed by atoms with E-state index in [9.17, 15) is 9.59 Å². The highest BCUT2D eigenvalue weighted by atomic mass is 16.5. The van der Waals surface area contributed by atoms with Crippen LogP contribution in [0.4, 0.5) is 0 Å². The van der Waals surface area contributed by atoms with Crippen LogP contribution >= 0.6 is 0 Å². The maximum absolute atomic E-state index is 12.6. The van der Waals surface area contributed by atoms with Crippen molar-refractivity contribution in [3.63, 3.8) is 0 Å². The molecule has 1 saturated carbocycles. The van der Waals surface area contributed by atoms with Gasteiger partial charge in [-0.2, -0.15) is 0 Å². The van der Waals surface area contributed by atoms with Gasteiger partial charge in [0.15, 0.2) is 5.76 Å². The lowest BCUT2D eigenvalue weighted by Gasteiger charge is -2.26. The van der Waals surface area contributed by atoms with Gasteiger partial charge in [-0.3, -0.25) is 14.5 Å². The fourth-order valence-corrected chi connectivity index (χ4v) is 4.06. The predicted octanol–water partition coefficient (Wildman–Crippen LogP) is 2.34. The Kier molecular flexibility index (Phi) is 7.65. The van der Waals surface area contributed by atoms with Crippen molar-refractivity contribution < 1.29 is 18.7 Å². The van der Waals surface area contributed by atoms with Gasteiger partial charge in [-0.1, -0.05) is 6.92 Å². The lowest BCUT2D eigenvalue weighted by molar-refractivity contribution is -0.133. The zero-order valence-corrected chi connectivity index (χ0v) is 18.9. The molecule has 0 spiro atoms. The van der Waals surface area contributed by atoms with E-state index in [1.165, 1.54) is 0 Å². The van der Waals surface area contributed by atoms with Crippen LogP contribution < -0.4 is 5.32 Å². The van der Waals surface area contributed by atoms with Crippen molar-refractivity contribution in [1.29, 1.82) is 0 Å². The van der Waals surface area contributed by atoms with Gasteiger partial charge in [0, 0.05) is 50.5 Å². The number of aromatic nitrogens is 1. The highest BCUT2D eigenvalue weighted by Gasteiger charge is 2.33. The van der Waals surface area contributed by atoms with Crippen molar-refractivity contribution in [1.82, 2.24) is 19.7 Å². The fourth-order valence-electron chi connectivity index (χ4n) is 4.06. The Labute approximate surface area is 189 Å². The van der Waals surface area contributed by atoms with Crippen molar-refractivity contribution in [2.24, 2.45) is 5.92 Å². The van der Waals surface area contributed by atoms with Gasteiger partial charge < -0.3 is 23.9 Å². The van der Waals surface area contributed by atoms with Crippen LogP contribution in [0.1, 0.15) is 48.2 Å². The molecule has 8 heteroatoms. The number of amides is 2. The van der Waals surface area contributed by atoms with Crippen molar-refractivity contribution in [2.75, 3.05) is 45.9 Å². The molecule has 0 unspecified atom stereocenters. The number of hydrogen-bond acceptors (Lipinski definition) is 5. The number of rotatable bonds is 11. The molecule has 1 N–H and O–H groups in total. The second kappa shape index (κ2) is 10.8. The molecule has 2 aromatic heterocycles. The molecule has 0 atom stereocenters. The van der Waals surface area contributed by atoms with Crippen LogP contribution in [0, 0.1) is 5.92 Å². The molecule has 2 aliphatic rings. The third-order valence-electron chi connectivity index (χ3n) is 6.04. The van der Waals surface area contributed by atoms with Crippen LogP contribution in [0.25, 0.3) is 0 Å². The first-order valence-electron chi connectivity index (χ1n) is 11.7. The van der Waals surface area contributed by atoms with Gasteiger partial charge in [-0.15, -0.1) is 0 Å². The van der Waals surface area contributed by atoms with Gasteiger partial charge in [-0.25, -0.2) is 0 Å². The van der Waals surface area contributed by atoms with Crippen molar-refractivity contribution >= 4 is 11.8 Å². The number of morpholine rings is 1. The van der Waals surface area contributed by atoms with Gasteiger partial charge in [0.1, 0.15) is 5.76 Å². The first-order valence-corrected chi connectivity index (χ1v) is 11.7. The average molecular weight is 443 g/mol. The average Bonchev–Trinajstić information content (AvgIpc) is 3.40. The molecule has 174 valence electrons. The molecular weight excluding hydrogens is 408 g/mol. The van der Waals surface area contributed by atoms with Gasteiger partial charge in [0.2, 0.25) is 5.91 Å². The summed E-state index contributed by atoms with van der Waals surface area (Å²) in [6.45, 7) is 8.71. The first-order chi connectivity index (χ1) is 15.6. The molecule has 4 rings (SSSR count). The standard InChI is InChI=1S/C24H34N4O4/c1-2-10-28(24(30)19-5-6-19)17-20-4-3-11-27(20)18-21-7-8-22(32-21)23(29)25-9-12-26-13-15-31-16-14-26/h3-4,7-8,11,19H,2,5-6,9-10,12-18H2,1H3,(H,25,29). The summed E-state index contributed by atoms with van der Waals surface area (Å²) < 4.78 is 13.2. The number of ether oxygens (including phenoxy) is 1. The third-order valence-corrected chi connectivity index (χ3v) is 6.04. The third kappa shape index (κ3) is 6.01. The molecule has 1 aliphatic carbocycles. The number of hydrogen-bond donors (Lipinski definition) is 1. The van der Waals surface area contributed by atoms with E-state index in [0.29, 0.717) is 25.4 Å². The minimum atomic E-state index is -0.193. The Morgan fingerprint density at radius 1 is 1.19 bits per heavy atom. The normalized spacial score (nSPS) is 16.8. The zero-order chi connectivity index (χ0) is 22.3. The molecule has 8 nitrogen and oxygen atoms in total. The number of furan rings is 1. The molecule has 32 heavy (non-hydrogen) atoms. The maximum atomic E-state index is 12.6. The van der Waals surface area contributed by atoms with Crippen LogP contribution in [0.2, 0.25) is 0 Å². The number of carbonyl (C=O) groups excluding carboxylic acids is 2. The molecule has 0 aromatic carbocycles. The molecular formula is C24H34N4O4. The zero-order valence-electron chi connectivity index (χ0n) is 18.9. The second-order valence-corrected chi connectivity index (χ2v) is 8.64. The lowest BCUT2D eigenvalue weighted by Crippen LogP contribution is -2.41. The van der Waals surface area contributed by atoms with E-state index in [0.717, 1.165) is 70.1 Å². The summed E-state index contributed by atoms with van der Waals surface area (Å²) in [5.74, 6) is 1.35. The molecule has 3 heterocycles. The number of nitrogens with zero attached hydrogens (tertiary/aromatic N) is 3. The van der Waals surface area contributed by atoms with Crippen LogP contribution in [-0.2, 0) is 22.6 Å². The van der Waals surface area contributed by atoms with Gasteiger partial charge in [0.25, 0.3) is 5.91 Å². The largest absolute Gasteiger partial charge is 0.454 e. The molecule has 0 radical (unpaired) electrons. The summed E-state index contributed by atoms with van der Waals surface area (Å²) in [5, 5.41) is 2.93. The Balaban J connectivity index is 1.30. The molecule has 2 aromatic rings. The molecule has 1 saturated heterocycles. The summed E-state index contributed by atoms with van der Waals surface area (Å²) in [7, 11) is 0. The van der Waals surface area contributed by atoms with Crippen LogP contribution in [-0.4, -0.2) is 72.1 Å². The van der Waals surface area contributed by atoms with Crippen molar-refractivity contribution in [2.45, 2.75) is 39.3 Å². The smallest absolute Gasteiger partial charge is 0.287 e. The number of carbonyl (C=O) groups is 2. The van der Waals surface area contributed by atoms with Crippen LogP contribution in [0.15, 0.2) is 34.9 Å². The topological polar surface area (TPSA) is 80.0 Å². The minimum absolute atomic E-state index is 0.193. The van der Waals surface area contributed by atoms with Crippen LogP contribution in [0.3, 0.4) is 0 Å². The maximum Gasteiger partial charge on any atom is 0.287 e. The predicted molar refractivity (Wildman–Crippen MR) is 120 cm³/mol. The molecule has 1 aliphatic heterocycles. The van der Waals surface area contributed by atoms with E-state index < -0.39 is 0 Å². The Hall–Kier alpha value is -2.58. The van der Waals surface area contributed by atoms with E-state index in [4.69, 9.17) is 9.15 Å². The second-order valence-electron chi connectivity index (χ2n) is 8.64. The van der Waals surface area contributed by atoms with Crippen LogP contribution in [0.5, 0.6) is 0 Å². The van der Waals surface area contributed by atoms with E-state index in [1.54, 1.807) is 6.07 Å². The van der Waals surface area contributed by atoms with Gasteiger partial charge >= 0.3 is 0 Å². The summed E-state index contributed by atoms with van der Waals surface area (Å²) >= 11 is 0. The summed E-state index contributed by atoms with van der Waals surface area (Å²) in [6.07, 6.45) is 4.97. The first kappa shape index (κ1) is 22.6. The molecule has 0 bridgehead atoms. The van der Waals surface area contributed by atoms with E-state index in [2.05, 4.69) is 21.7 Å². The van der Waals surface area contributed by atoms with E-state index >= 15 is 0 Å². The Morgan fingerprint density at radius 3 is 2.75 bits per heavy atom. The van der Waals surface area contributed by atoms with Gasteiger partial charge in [0.05, 0.1) is 26.3 Å². The Morgan fingerprint density at radius 2 is 2.00 bits per heavy atom. The fraction of sp³-hybridized carbons (Fsp3) is 0.583. The number of nitrogens with one attached hydrogen (secondary N) is 1.